The first-order valence-corrected chi connectivity index (χ1v) is 4.88. The van der Waals surface area contributed by atoms with Gasteiger partial charge in [-0.1, -0.05) is 6.42 Å². The molecular weight excluding hydrogens is 168 g/mol. The second-order valence-electron chi connectivity index (χ2n) is 3.69. The van der Waals surface area contributed by atoms with Crippen molar-refractivity contribution in [3.63, 3.8) is 0 Å². The molecule has 3 heteroatoms. The molecule has 1 aliphatic rings. The van der Waals surface area contributed by atoms with Crippen molar-refractivity contribution in [3.8, 4) is 0 Å². The maximum atomic E-state index is 10.6. The third-order valence-electron chi connectivity index (χ3n) is 2.59. The summed E-state index contributed by atoms with van der Waals surface area (Å²) in [5, 5.41) is 0. The molecule has 3 nitrogen and oxygen atoms in total. The summed E-state index contributed by atoms with van der Waals surface area (Å²) >= 11 is 0. The Morgan fingerprint density at radius 3 is 2.85 bits per heavy atom. The summed E-state index contributed by atoms with van der Waals surface area (Å²) in [7, 11) is 1.75. The van der Waals surface area contributed by atoms with Gasteiger partial charge in [0.15, 0.2) is 0 Å². The standard InChI is InChI=1S/C10H18O3/c1-8(11)13-7-9-4-3-5-10(6-9)12-2/h9-10H,3-7H2,1-2H3/t9-,10+/m0/s1. The summed E-state index contributed by atoms with van der Waals surface area (Å²) in [6, 6.07) is 0. The van der Waals surface area contributed by atoms with Crippen LogP contribution in [0.5, 0.6) is 0 Å². The molecule has 0 aromatic rings. The predicted octanol–water partition coefficient (Wildman–Crippen LogP) is 1.75. The highest BCUT2D eigenvalue weighted by molar-refractivity contribution is 5.65. The number of rotatable bonds is 3. The van der Waals surface area contributed by atoms with E-state index in [1.807, 2.05) is 0 Å². The summed E-state index contributed by atoms with van der Waals surface area (Å²) in [5.74, 6) is 0.321. The monoisotopic (exact) mass is 186 g/mol. The molecule has 0 spiro atoms. The van der Waals surface area contributed by atoms with E-state index < -0.39 is 0 Å². The second kappa shape index (κ2) is 5.22. The highest BCUT2D eigenvalue weighted by Crippen LogP contribution is 2.25. The van der Waals surface area contributed by atoms with Crippen molar-refractivity contribution in [1.29, 1.82) is 0 Å². The van der Waals surface area contributed by atoms with Gasteiger partial charge in [0.1, 0.15) is 0 Å². The maximum absolute atomic E-state index is 10.6. The van der Waals surface area contributed by atoms with E-state index >= 15 is 0 Å². The lowest BCUT2D eigenvalue weighted by Crippen LogP contribution is -2.25. The summed E-state index contributed by atoms with van der Waals surface area (Å²) < 4.78 is 10.3. The van der Waals surface area contributed by atoms with Gasteiger partial charge in [0, 0.05) is 14.0 Å². The molecule has 0 saturated heterocycles. The van der Waals surface area contributed by atoms with Crippen LogP contribution in [0.3, 0.4) is 0 Å². The zero-order chi connectivity index (χ0) is 9.68. The molecule has 0 unspecified atom stereocenters. The van der Waals surface area contributed by atoms with E-state index in [0.717, 1.165) is 19.3 Å². The van der Waals surface area contributed by atoms with Crippen molar-refractivity contribution >= 4 is 5.97 Å². The fourth-order valence-corrected chi connectivity index (χ4v) is 1.84. The van der Waals surface area contributed by atoms with Crippen molar-refractivity contribution < 1.29 is 14.3 Å². The van der Waals surface area contributed by atoms with Crippen LogP contribution in [0.15, 0.2) is 0 Å². The third-order valence-corrected chi connectivity index (χ3v) is 2.59. The lowest BCUT2D eigenvalue weighted by molar-refractivity contribution is -0.143. The first kappa shape index (κ1) is 10.5. The van der Waals surface area contributed by atoms with Gasteiger partial charge in [-0.2, -0.15) is 0 Å². The molecule has 1 aliphatic carbocycles. The summed E-state index contributed by atoms with van der Waals surface area (Å²) in [6.45, 7) is 2.02. The molecule has 2 atom stereocenters. The Morgan fingerprint density at radius 2 is 2.23 bits per heavy atom. The van der Waals surface area contributed by atoms with Gasteiger partial charge in [-0.15, -0.1) is 0 Å². The van der Waals surface area contributed by atoms with E-state index in [0.29, 0.717) is 18.6 Å². The number of esters is 1. The van der Waals surface area contributed by atoms with Crippen LogP contribution >= 0.6 is 0 Å². The number of methoxy groups -OCH3 is 1. The summed E-state index contributed by atoms with van der Waals surface area (Å²) in [6.07, 6.45) is 4.89. The van der Waals surface area contributed by atoms with Gasteiger partial charge in [-0.05, 0) is 25.2 Å². The van der Waals surface area contributed by atoms with Gasteiger partial charge in [-0.25, -0.2) is 0 Å². The quantitative estimate of drug-likeness (QED) is 0.630. The predicted molar refractivity (Wildman–Crippen MR) is 49.4 cm³/mol. The number of hydrogen-bond donors (Lipinski definition) is 0. The van der Waals surface area contributed by atoms with Crippen LogP contribution in [-0.2, 0) is 14.3 Å². The number of ether oxygens (including phenoxy) is 2. The Hall–Kier alpha value is -0.570. The van der Waals surface area contributed by atoms with Gasteiger partial charge in [-0.3, -0.25) is 4.79 Å². The SMILES string of the molecule is CO[C@@H]1CCC[C@H](COC(C)=O)C1. The summed E-state index contributed by atoms with van der Waals surface area (Å²) in [5.41, 5.74) is 0. The van der Waals surface area contributed by atoms with Crippen molar-refractivity contribution in [2.24, 2.45) is 5.92 Å². The Kier molecular flexibility index (Phi) is 4.22. The van der Waals surface area contributed by atoms with Crippen molar-refractivity contribution in [1.82, 2.24) is 0 Å². The van der Waals surface area contributed by atoms with Gasteiger partial charge in [0.25, 0.3) is 0 Å². The van der Waals surface area contributed by atoms with Gasteiger partial charge in [0.05, 0.1) is 12.7 Å². The minimum absolute atomic E-state index is 0.181. The molecule has 1 saturated carbocycles. The number of hydrogen-bond acceptors (Lipinski definition) is 3. The zero-order valence-corrected chi connectivity index (χ0v) is 8.41. The van der Waals surface area contributed by atoms with E-state index in [1.165, 1.54) is 13.3 Å². The molecule has 76 valence electrons. The van der Waals surface area contributed by atoms with Crippen LogP contribution in [0, 0.1) is 5.92 Å². The van der Waals surface area contributed by atoms with E-state index in [-0.39, 0.29) is 5.97 Å². The van der Waals surface area contributed by atoms with Gasteiger partial charge >= 0.3 is 5.97 Å². The molecular formula is C10H18O3. The second-order valence-corrected chi connectivity index (χ2v) is 3.69. The van der Waals surface area contributed by atoms with Crippen LogP contribution in [0.25, 0.3) is 0 Å². The Balaban J connectivity index is 2.21. The third kappa shape index (κ3) is 3.77. The minimum atomic E-state index is -0.181. The van der Waals surface area contributed by atoms with Crippen LogP contribution < -0.4 is 0 Å². The molecule has 0 aliphatic heterocycles. The highest BCUT2D eigenvalue weighted by Gasteiger charge is 2.22. The molecule has 1 rings (SSSR count). The molecule has 0 amide bonds. The highest BCUT2D eigenvalue weighted by atomic mass is 16.5. The first-order chi connectivity index (χ1) is 6.22. The maximum Gasteiger partial charge on any atom is 0.302 e. The van der Waals surface area contributed by atoms with Crippen molar-refractivity contribution in [3.05, 3.63) is 0 Å². The molecule has 1 fully saturated rings. The van der Waals surface area contributed by atoms with E-state index in [4.69, 9.17) is 9.47 Å². The number of carbonyl (C=O) groups excluding carboxylic acids is 1. The lowest BCUT2D eigenvalue weighted by atomic mass is 9.88. The summed E-state index contributed by atoms with van der Waals surface area (Å²) in [4.78, 5) is 10.6. The average molecular weight is 186 g/mol. The van der Waals surface area contributed by atoms with Crippen LogP contribution in [0.1, 0.15) is 32.6 Å². The van der Waals surface area contributed by atoms with Crippen molar-refractivity contribution in [2.45, 2.75) is 38.7 Å². The Labute approximate surface area is 79.4 Å². The van der Waals surface area contributed by atoms with Gasteiger partial charge in [0.2, 0.25) is 0 Å². The molecule has 0 heterocycles. The molecule has 0 aromatic carbocycles. The molecule has 0 N–H and O–H groups in total. The average Bonchev–Trinajstić information content (AvgIpc) is 2.15. The largest absolute Gasteiger partial charge is 0.466 e. The fourth-order valence-electron chi connectivity index (χ4n) is 1.84. The van der Waals surface area contributed by atoms with Crippen molar-refractivity contribution in [2.75, 3.05) is 13.7 Å². The van der Waals surface area contributed by atoms with E-state index in [9.17, 15) is 4.79 Å². The first-order valence-electron chi connectivity index (χ1n) is 4.88. The van der Waals surface area contributed by atoms with Crippen LogP contribution in [0.4, 0.5) is 0 Å². The molecule has 13 heavy (non-hydrogen) atoms. The minimum Gasteiger partial charge on any atom is -0.466 e. The smallest absolute Gasteiger partial charge is 0.302 e. The van der Waals surface area contributed by atoms with Crippen LogP contribution in [-0.4, -0.2) is 25.8 Å². The van der Waals surface area contributed by atoms with Crippen LogP contribution in [0.2, 0.25) is 0 Å². The fraction of sp³-hybridized carbons (Fsp3) is 0.900. The zero-order valence-electron chi connectivity index (χ0n) is 8.41. The Morgan fingerprint density at radius 1 is 1.46 bits per heavy atom. The molecule has 0 bridgehead atoms. The molecule has 0 aromatic heterocycles. The topological polar surface area (TPSA) is 35.5 Å². The molecule has 0 radical (unpaired) electrons. The lowest BCUT2D eigenvalue weighted by Gasteiger charge is -2.27. The van der Waals surface area contributed by atoms with E-state index in [1.54, 1.807) is 7.11 Å². The van der Waals surface area contributed by atoms with E-state index in [2.05, 4.69) is 0 Å². The number of carbonyl (C=O) groups is 1. The Bertz CT molecular complexity index is 168. The normalized spacial score (nSPS) is 28.5. The van der Waals surface area contributed by atoms with Gasteiger partial charge < -0.3 is 9.47 Å².